The van der Waals surface area contributed by atoms with Gasteiger partial charge in [0.1, 0.15) is 11.9 Å². The van der Waals surface area contributed by atoms with Crippen LogP contribution in [-0.4, -0.2) is 27.9 Å². The fourth-order valence-electron chi connectivity index (χ4n) is 3.54. The van der Waals surface area contributed by atoms with Gasteiger partial charge in [-0.2, -0.15) is 10.2 Å². The Bertz CT molecular complexity index is 1060. The molecular formula is C22H23FN6O. The van der Waals surface area contributed by atoms with Crippen molar-refractivity contribution in [2.45, 2.75) is 32.4 Å². The van der Waals surface area contributed by atoms with Crippen molar-refractivity contribution in [2.24, 2.45) is 5.10 Å². The van der Waals surface area contributed by atoms with Crippen molar-refractivity contribution < 1.29 is 9.18 Å². The van der Waals surface area contributed by atoms with E-state index in [1.54, 1.807) is 18.3 Å². The highest BCUT2D eigenvalue weighted by molar-refractivity contribution is 5.86. The topological polar surface area (TPSA) is 83.3 Å². The number of hydrogen-bond acceptors (Lipinski definition) is 5. The minimum atomic E-state index is -0.438. The highest BCUT2D eigenvalue weighted by Gasteiger charge is 2.30. The van der Waals surface area contributed by atoms with Crippen molar-refractivity contribution in [3.05, 3.63) is 82.9 Å². The zero-order valence-electron chi connectivity index (χ0n) is 16.8. The zero-order valence-corrected chi connectivity index (χ0v) is 16.8. The Morgan fingerprint density at radius 1 is 1.17 bits per heavy atom. The summed E-state index contributed by atoms with van der Waals surface area (Å²) in [5, 5.41) is 8.70. The number of nitrogens with one attached hydrogen (secondary N) is 3. The van der Waals surface area contributed by atoms with Crippen LogP contribution in [0, 0.1) is 19.7 Å². The van der Waals surface area contributed by atoms with Gasteiger partial charge in [-0.3, -0.25) is 4.79 Å². The van der Waals surface area contributed by atoms with E-state index in [0.717, 1.165) is 28.2 Å². The first kappa shape index (κ1) is 19.9. The lowest BCUT2D eigenvalue weighted by atomic mass is 10.0. The van der Waals surface area contributed by atoms with E-state index in [-0.39, 0.29) is 17.8 Å². The maximum Gasteiger partial charge on any atom is 0.258 e. The third-order valence-electron chi connectivity index (χ3n) is 5.21. The minimum Gasteiger partial charge on any atom is -0.271 e. The lowest BCUT2D eigenvalue weighted by Gasteiger charge is -2.09. The fraction of sp³-hybridized carbons (Fsp3) is 0.227. The fourth-order valence-corrected chi connectivity index (χ4v) is 3.54. The molecule has 2 unspecified atom stereocenters. The second-order valence-electron chi connectivity index (χ2n) is 7.25. The number of rotatable bonds is 5. The van der Waals surface area contributed by atoms with Gasteiger partial charge in [-0.05, 0) is 50.1 Å². The van der Waals surface area contributed by atoms with Crippen molar-refractivity contribution in [1.29, 1.82) is 0 Å². The second kappa shape index (κ2) is 8.56. The normalized spacial score (nSPS) is 18.8. The summed E-state index contributed by atoms with van der Waals surface area (Å²) in [4.78, 5) is 12.5. The number of para-hydroxylation sites is 1. The van der Waals surface area contributed by atoms with Gasteiger partial charge in [-0.1, -0.05) is 30.3 Å². The minimum absolute atomic E-state index is 0.0704. The Labute approximate surface area is 174 Å². The summed E-state index contributed by atoms with van der Waals surface area (Å²) in [6.45, 7) is 3.87. The van der Waals surface area contributed by atoms with E-state index in [9.17, 15) is 9.18 Å². The number of aryl methyl sites for hydroxylation is 1. The molecule has 2 heterocycles. The van der Waals surface area contributed by atoms with E-state index in [0.29, 0.717) is 6.42 Å². The maximum absolute atomic E-state index is 13.1. The van der Waals surface area contributed by atoms with Gasteiger partial charge >= 0.3 is 0 Å². The summed E-state index contributed by atoms with van der Waals surface area (Å²) in [7, 11) is 0. The zero-order chi connectivity index (χ0) is 21.1. The van der Waals surface area contributed by atoms with Crippen LogP contribution in [-0.2, 0) is 4.79 Å². The molecule has 0 saturated carbocycles. The molecule has 0 spiro atoms. The number of amides is 1. The van der Waals surface area contributed by atoms with Gasteiger partial charge in [-0.15, -0.1) is 0 Å². The monoisotopic (exact) mass is 406 g/mol. The summed E-state index contributed by atoms with van der Waals surface area (Å²) in [5.74, 6) is -0.524. The van der Waals surface area contributed by atoms with Crippen LogP contribution in [0.5, 0.6) is 0 Å². The summed E-state index contributed by atoms with van der Waals surface area (Å²) in [6.07, 6.45) is 2.16. The Morgan fingerprint density at radius 2 is 1.90 bits per heavy atom. The maximum atomic E-state index is 13.1. The highest BCUT2D eigenvalue weighted by Crippen LogP contribution is 2.22. The number of aromatic nitrogens is 2. The smallest absolute Gasteiger partial charge is 0.258 e. The van der Waals surface area contributed by atoms with Crippen LogP contribution in [0.25, 0.3) is 5.69 Å². The van der Waals surface area contributed by atoms with Crippen LogP contribution < -0.4 is 16.3 Å². The average Bonchev–Trinajstić information content (AvgIpc) is 3.35. The quantitative estimate of drug-likeness (QED) is 0.449. The molecule has 0 aliphatic carbocycles. The molecule has 2 atom stereocenters. The van der Waals surface area contributed by atoms with Crippen LogP contribution in [0.4, 0.5) is 4.39 Å². The Morgan fingerprint density at radius 3 is 2.63 bits per heavy atom. The first-order valence-corrected chi connectivity index (χ1v) is 9.74. The number of halogens is 1. The molecule has 1 aliphatic heterocycles. The van der Waals surface area contributed by atoms with Gasteiger partial charge in [0.15, 0.2) is 0 Å². The van der Waals surface area contributed by atoms with E-state index >= 15 is 0 Å². The number of carbonyl (C=O) groups is 1. The third-order valence-corrected chi connectivity index (χ3v) is 5.21. The van der Waals surface area contributed by atoms with Crippen molar-refractivity contribution in [3.8, 4) is 5.69 Å². The first-order chi connectivity index (χ1) is 14.5. The Kier molecular flexibility index (Phi) is 5.69. The van der Waals surface area contributed by atoms with Gasteiger partial charge in [0, 0.05) is 11.6 Å². The van der Waals surface area contributed by atoms with Gasteiger partial charge in [0.05, 0.1) is 23.3 Å². The molecule has 154 valence electrons. The van der Waals surface area contributed by atoms with Gasteiger partial charge in [0.2, 0.25) is 0 Å². The van der Waals surface area contributed by atoms with Crippen LogP contribution in [0.1, 0.15) is 35.0 Å². The summed E-state index contributed by atoms with van der Waals surface area (Å²) in [5.41, 5.74) is 13.1. The van der Waals surface area contributed by atoms with Gasteiger partial charge in [0.25, 0.3) is 5.91 Å². The van der Waals surface area contributed by atoms with Crippen molar-refractivity contribution in [3.63, 3.8) is 0 Å². The summed E-state index contributed by atoms with van der Waals surface area (Å²) >= 11 is 0. The summed E-state index contributed by atoms with van der Waals surface area (Å²) in [6, 6.07) is 15.6. The molecule has 0 radical (unpaired) electrons. The summed E-state index contributed by atoms with van der Waals surface area (Å²) < 4.78 is 14.9. The van der Waals surface area contributed by atoms with E-state index in [2.05, 4.69) is 26.5 Å². The molecule has 1 saturated heterocycles. The highest BCUT2D eigenvalue weighted by atomic mass is 19.1. The number of benzene rings is 2. The van der Waals surface area contributed by atoms with Crippen LogP contribution >= 0.6 is 0 Å². The molecule has 1 amide bonds. The average molecular weight is 406 g/mol. The predicted octanol–water partition coefficient (Wildman–Crippen LogP) is 2.69. The van der Waals surface area contributed by atoms with Crippen molar-refractivity contribution in [1.82, 2.24) is 26.1 Å². The molecule has 4 rings (SSSR count). The Balaban J connectivity index is 1.39. The number of hydrogen-bond donors (Lipinski definition) is 3. The number of hydrazine groups is 1. The molecule has 1 aromatic heterocycles. The molecule has 1 aliphatic rings. The van der Waals surface area contributed by atoms with E-state index < -0.39 is 6.04 Å². The number of carbonyl (C=O) groups excluding carboxylic acids is 1. The van der Waals surface area contributed by atoms with Crippen molar-refractivity contribution >= 4 is 12.1 Å². The van der Waals surface area contributed by atoms with Crippen LogP contribution in [0.15, 0.2) is 59.7 Å². The second-order valence-corrected chi connectivity index (χ2v) is 7.25. The van der Waals surface area contributed by atoms with Crippen LogP contribution in [0.2, 0.25) is 0 Å². The molecule has 30 heavy (non-hydrogen) atoms. The molecule has 8 heteroatoms. The SMILES string of the molecule is Cc1nn(-c2ccccc2)c(C)c1/C=N/NC(=O)C1CC(c2ccc(F)cc2)NN1. The lowest BCUT2D eigenvalue weighted by Crippen LogP contribution is -2.41. The predicted molar refractivity (Wildman–Crippen MR) is 113 cm³/mol. The number of nitrogens with zero attached hydrogens (tertiary/aromatic N) is 3. The molecule has 3 N–H and O–H groups in total. The molecule has 1 fully saturated rings. The first-order valence-electron chi connectivity index (χ1n) is 9.74. The van der Waals surface area contributed by atoms with E-state index in [1.807, 2.05) is 48.9 Å². The Hall–Kier alpha value is -3.36. The molecule has 0 bridgehead atoms. The molecule has 2 aromatic carbocycles. The number of hydrazone groups is 1. The third kappa shape index (κ3) is 4.14. The van der Waals surface area contributed by atoms with Crippen LogP contribution in [0.3, 0.4) is 0 Å². The van der Waals surface area contributed by atoms with Gasteiger partial charge < -0.3 is 0 Å². The standard InChI is InChI=1S/C22H23FN6O/c1-14-19(15(2)29(28-14)18-6-4-3-5-7-18)13-24-27-22(30)21-12-20(25-26-21)16-8-10-17(23)11-9-16/h3-11,13,20-21,25-26H,12H2,1-2H3,(H,27,30)/b24-13+. The van der Waals surface area contributed by atoms with E-state index in [1.165, 1.54) is 12.1 Å². The molecule has 7 nitrogen and oxygen atoms in total. The lowest BCUT2D eigenvalue weighted by molar-refractivity contribution is -0.122. The molecule has 3 aromatic rings. The van der Waals surface area contributed by atoms with Gasteiger partial charge in [-0.25, -0.2) is 25.3 Å². The van der Waals surface area contributed by atoms with Crippen molar-refractivity contribution in [2.75, 3.05) is 0 Å². The van der Waals surface area contributed by atoms with E-state index in [4.69, 9.17) is 0 Å². The largest absolute Gasteiger partial charge is 0.271 e. The molecular weight excluding hydrogens is 383 g/mol.